The lowest BCUT2D eigenvalue weighted by molar-refractivity contribution is -0.112. The SMILES string of the molecule is O=C(Nc1ccc(C(=O)N2CCc3ccccc32)cc1)C1=CC=CN2CCS(=O)(=O)N=C12. The maximum absolute atomic E-state index is 13.0. The van der Waals surface area contributed by atoms with Gasteiger partial charge in [-0.15, -0.1) is 4.40 Å². The molecule has 0 saturated heterocycles. The number of amides is 2. The first-order chi connectivity index (χ1) is 15.4. The first-order valence-corrected chi connectivity index (χ1v) is 11.8. The lowest BCUT2D eigenvalue weighted by Gasteiger charge is -2.28. The van der Waals surface area contributed by atoms with Gasteiger partial charge in [-0.3, -0.25) is 9.59 Å². The Labute approximate surface area is 185 Å². The van der Waals surface area contributed by atoms with Crippen molar-refractivity contribution in [3.8, 4) is 0 Å². The second kappa shape index (κ2) is 7.76. The summed E-state index contributed by atoms with van der Waals surface area (Å²) < 4.78 is 27.5. The van der Waals surface area contributed by atoms with Crippen LogP contribution in [-0.4, -0.2) is 49.8 Å². The van der Waals surface area contributed by atoms with Crippen molar-refractivity contribution in [1.82, 2.24) is 4.90 Å². The molecule has 3 aliphatic heterocycles. The van der Waals surface area contributed by atoms with Gasteiger partial charge < -0.3 is 15.1 Å². The lowest BCUT2D eigenvalue weighted by Crippen LogP contribution is -2.40. The summed E-state index contributed by atoms with van der Waals surface area (Å²) in [7, 11) is -3.59. The highest BCUT2D eigenvalue weighted by Gasteiger charge is 2.30. The van der Waals surface area contributed by atoms with Crippen molar-refractivity contribution in [1.29, 1.82) is 0 Å². The third-order valence-corrected chi connectivity index (χ3v) is 6.77. The molecule has 2 aromatic rings. The molecule has 0 saturated carbocycles. The number of allylic oxidation sites excluding steroid dienone is 2. The third kappa shape index (κ3) is 3.71. The highest BCUT2D eigenvalue weighted by Crippen LogP contribution is 2.29. The molecule has 9 heteroatoms. The van der Waals surface area contributed by atoms with Crippen LogP contribution in [0.15, 0.2) is 76.9 Å². The zero-order valence-corrected chi connectivity index (χ0v) is 17.9. The van der Waals surface area contributed by atoms with E-state index in [1.807, 2.05) is 24.3 Å². The van der Waals surface area contributed by atoms with Crippen molar-refractivity contribution >= 4 is 39.0 Å². The molecule has 32 heavy (non-hydrogen) atoms. The van der Waals surface area contributed by atoms with Crippen LogP contribution in [0.4, 0.5) is 11.4 Å². The molecule has 1 N–H and O–H groups in total. The average Bonchev–Trinajstić information content (AvgIpc) is 3.22. The minimum absolute atomic E-state index is 0.0906. The number of rotatable bonds is 3. The van der Waals surface area contributed by atoms with Crippen LogP contribution in [0.5, 0.6) is 0 Å². The van der Waals surface area contributed by atoms with E-state index in [4.69, 9.17) is 0 Å². The fourth-order valence-electron chi connectivity index (χ4n) is 3.99. The van der Waals surface area contributed by atoms with E-state index in [2.05, 4.69) is 9.71 Å². The maximum atomic E-state index is 13.0. The third-order valence-electron chi connectivity index (χ3n) is 5.62. The Morgan fingerprint density at radius 2 is 1.78 bits per heavy atom. The smallest absolute Gasteiger partial charge is 0.259 e. The van der Waals surface area contributed by atoms with Gasteiger partial charge in [0, 0.05) is 36.2 Å². The van der Waals surface area contributed by atoms with Crippen LogP contribution in [0.1, 0.15) is 15.9 Å². The van der Waals surface area contributed by atoms with Gasteiger partial charge in [0.2, 0.25) is 0 Å². The molecule has 0 spiro atoms. The molecule has 162 valence electrons. The van der Waals surface area contributed by atoms with Gasteiger partial charge in [-0.1, -0.05) is 18.2 Å². The predicted octanol–water partition coefficient (Wildman–Crippen LogP) is 2.33. The molecule has 0 atom stereocenters. The van der Waals surface area contributed by atoms with Crippen LogP contribution in [0.25, 0.3) is 0 Å². The fourth-order valence-corrected chi connectivity index (χ4v) is 4.98. The minimum atomic E-state index is -3.59. The monoisotopic (exact) mass is 448 g/mol. The van der Waals surface area contributed by atoms with Crippen LogP contribution in [0.3, 0.4) is 0 Å². The molecule has 8 nitrogen and oxygen atoms in total. The van der Waals surface area contributed by atoms with Crippen LogP contribution in [-0.2, 0) is 21.2 Å². The molecule has 0 fully saturated rings. The number of sulfonamides is 1. The van der Waals surface area contributed by atoms with Gasteiger partial charge in [-0.2, -0.15) is 0 Å². The van der Waals surface area contributed by atoms with E-state index < -0.39 is 15.9 Å². The highest BCUT2D eigenvalue weighted by atomic mass is 32.2. The number of hydrogen-bond donors (Lipinski definition) is 1. The Morgan fingerprint density at radius 1 is 1.00 bits per heavy atom. The van der Waals surface area contributed by atoms with Crippen LogP contribution >= 0.6 is 0 Å². The van der Waals surface area contributed by atoms with E-state index in [9.17, 15) is 18.0 Å². The molecule has 0 unspecified atom stereocenters. The van der Waals surface area contributed by atoms with Crippen molar-refractivity contribution in [3.63, 3.8) is 0 Å². The van der Waals surface area contributed by atoms with Gasteiger partial charge in [0.1, 0.15) is 0 Å². The molecule has 2 amide bonds. The van der Waals surface area contributed by atoms with E-state index in [1.165, 1.54) is 6.08 Å². The number of fused-ring (bicyclic) bond motifs is 2. The normalized spacial score (nSPS) is 18.4. The van der Waals surface area contributed by atoms with E-state index in [0.29, 0.717) is 17.8 Å². The van der Waals surface area contributed by atoms with Crippen molar-refractivity contribution in [3.05, 3.63) is 83.6 Å². The zero-order chi connectivity index (χ0) is 22.3. The Balaban J connectivity index is 1.32. The van der Waals surface area contributed by atoms with Gasteiger partial charge >= 0.3 is 0 Å². The average molecular weight is 449 g/mol. The standard InChI is InChI=1S/C23H20N4O4S/c28-22(19-5-3-12-26-14-15-32(30,31)25-21(19)26)24-18-9-7-17(8-10-18)23(29)27-13-11-16-4-1-2-6-20(16)27/h1-10,12H,11,13-15H2,(H,24,28). The van der Waals surface area contributed by atoms with E-state index in [0.717, 1.165) is 17.7 Å². The van der Waals surface area contributed by atoms with Gasteiger partial charge in [0.15, 0.2) is 5.84 Å². The minimum Gasteiger partial charge on any atom is -0.331 e. The molecule has 3 heterocycles. The summed E-state index contributed by atoms with van der Waals surface area (Å²) in [5.74, 6) is -0.531. The van der Waals surface area contributed by atoms with Crippen molar-refractivity contribution in [2.24, 2.45) is 4.40 Å². The van der Waals surface area contributed by atoms with Crippen LogP contribution in [0, 0.1) is 0 Å². The second-order valence-electron chi connectivity index (χ2n) is 7.68. The van der Waals surface area contributed by atoms with Crippen molar-refractivity contribution in [2.75, 3.05) is 29.1 Å². The van der Waals surface area contributed by atoms with Crippen LogP contribution < -0.4 is 10.2 Å². The van der Waals surface area contributed by atoms with Gasteiger partial charge in [-0.05, 0) is 54.5 Å². The highest BCUT2D eigenvalue weighted by molar-refractivity contribution is 7.90. The van der Waals surface area contributed by atoms with E-state index >= 15 is 0 Å². The molecule has 3 aliphatic rings. The number of anilines is 2. The second-order valence-corrected chi connectivity index (χ2v) is 9.44. The number of para-hydroxylation sites is 1. The first kappa shape index (κ1) is 20.2. The van der Waals surface area contributed by atoms with Crippen LogP contribution in [0.2, 0.25) is 0 Å². The number of nitrogens with zero attached hydrogens (tertiary/aromatic N) is 3. The summed E-state index contributed by atoms with van der Waals surface area (Å²) >= 11 is 0. The molecule has 0 bridgehead atoms. The van der Waals surface area contributed by atoms with E-state index in [-0.39, 0.29) is 29.6 Å². The maximum Gasteiger partial charge on any atom is 0.259 e. The Kier molecular flexibility index (Phi) is 4.90. The summed E-state index contributed by atoms with van der Waals surface area (Å²) in [6.45, 7) is 0.887. The molecule has 0 radical (unpaired) electrons. The number of carbonyl (C=O) groups is 2. The zero-order valence-electron chi connectivity index (χ0n) is 17.1. The summed E-state index contributed by atoms with van der Waals surface area (Å²) in [5, 5.41) is 2.76. The summed E-state index contributed by atoms with van der Waals surface area (Å²) in [4.78, 5) is 29.2. The largest absolute Gasteiger partial charge is 0.331 e. The number of benzene rings is 2. The fraction of sp³-hybridized carbons (Fsp3) is 0.174. The summed E-state index contributed by atoms with van der Waals surface area (Å²) in [6, 6.07) is 14.5. The number of amidine groups is 1. The first-order valence-electron chi connectivity index (χ1n) is 10.2. The number of carbonyl (C=O) groups excluding carboxylic acids is 2. The number of hydrogen-bond acceptors (Lipinski definition) is 5. The molecule has 0 aliphatic carbocycles. The van der Waals surface area contributed by atoms with Crippen molar-refractivity contribution < 1.29 is 18.0 Å². The molecule has 2 aromatic carbocycles. The Morgan fingerprint density at radius 3 is 2.59 bits per heavy atom. The molecule has 0 aromatic heterocycles. The van der Waals surface area contributed by atoms with Gasteiger partial charge in [0.25, 0.3) is 21.8 Å². The summed E-state index contributed by atoms with van der Waals surface area (Å²) in [5.41, 5.74) is 3.27. The molecular weight excluding hydrogens is 428 g/mol. The Bertz CT molecular complexity index is 1310. The Hall–Kier alpha value is -3.72. The van der Waals surface area contributed by atoms with Crippen molar-refractivity contribution in [2.45, 2.75) is 6.42 Å². The quantitative estimate of drug-likeness (QED) is 0.777. The van der Waals surface area contributed by atoms with E-state index in [1.54, 1.807) is 46.3 Å². The van der Waals surface area contributed by atoms with Gasteiger partial charge in [-0.25, -0.2) is 8.42 Å². The lowest BCUT2D eigenvalue weighted by atomic mass is 10.1. The predicted molar refractivity (Wildman–Crippen MR) is 122 cm³/mol. The molecular formula is C23H20N4O4S. The summed E-state index contributed by atoms with van der Waals surface area (Å²) in [6.07, 6.45) is 5.74. The van der Waals surface area contributed by atoms with Gasteiger partial charge in [0.05, 0.1) is 11.3 Å². The topological polar surface area (TPSA) is 99.1 Å². The number of nitrogens with one attached hydrogen (secondary N) is 1. The molecule has 5 rings (SSSR count).